The van der Waals surface area contributed by atoms with Gasteiger partial charge >= 0.3 is 0 Å². The zero-order valence-corrected chi connectivity index (χ0v) is 13.6. The maximum absolute atomic E-state index is 12.3. The van der Waals surface area contributed by atoms with Crippen LogP contribution in [0.1, 0.15) is 31.7 Å². The first-order valence-corrected chi connectivity index (χ1v) is 7.77. The van der Waals surface area contributed by atoms with Gasteiger partial charge in [-0.25, -0.2) is 0 Å². The molecule has 1 fully saturated rings. The highest BCUT2D eigenvalue weighted by molar-refractivity contribution is 5.94. The maximum Gasteiger partial charge on any atom is 0.246 e. The third-order valence-electron chi connectivity index (χ3n) is 4.37. The molecule has 22 heavy (non-hydrogen) atoms. The predicted octanol–water partition coefficient (Wildman–Crippen LogP) is 2.72. The molecule has 1 aliphatic rings. The molecule has 1 saturated carbocycles. The van der Waals surface area contributed by atoms with Crippen LogP contribution in [0.4, 0.5) is 0 Å². The van der Waals surface area contributed by atoms with E-state index in [1.807, 2.05) is 31.2 Å². The van der Waals surface area contributed by atoms with E-state index in [0.29, 0.717) is 6.54 Å². The first-order chi connectivity index (χ1) is 10.5. The average molecular weight is 303 g/mol. The summed E-state index contributed by atoms with van der Waals surface area (Å²) in [5.41, 5.74) is 1.88. The van der Waals surface area contributed by atoms with Crippen molar-refractivity contribution in [3.63, 3.8) is 0 Å². The number of hydrogen-bond acceptors (Lipinski definition) is 3. The highest BCUT2D eigenvalue weighted by Crippen LogP contribution is 2.26. The van der Waals surface area contributed by atoms with Crippen molar-refractivity contribution in [1.29, 1.82) is 0 Å². The van der Waals surface area contributed by atoms with Gasteiger partial charge in [0.2, 0.25) is 5.91 Å². The largest absolute Gasteiger partial charge is 0.497 e. The Labute approximate surface area is 132 Å². The van der Waals surface area contributed by atoms with E-state index in [1.165, 1.54) is 0 Å². The lowest BCUT2D eigenvalue weighted by Gasteiger charge is -2.22. The fourth-order valence-corrected chi connectivity index (χ4v) is 2.92. The van der Waals surface area contributed by atoms with Gasteiger partial charge in [-0.2, -0.15) is 0 Å². The van der Waals surface area contributed by atoms with Crippen LogP contribution in [0.3, 0.4) is 0 Å². The van der Waals surface area contributed by atoms with Gasteiger partial charge in [0.1, 0.15) is 5.75 Å². The van der Waals surface area contributed by atoms with Gasteiger partial charge in [0.15, 0.2) is 0 Å². The van der Waals surface area contributed by atoms with E-state index in [0.717, 1.165) is 36.1 Å². The summed E-state index contributed by atoms with van der Waals surface area (Å²) in [6.45, 7) is 2.53. The first-order valence-electron chi connectivity index (χ1n) is 7.77. The van der Waals surface area contributed by atoms with Gasteiger partial charge in [0.05, 0.1) is 13.2 Å². The summed E-state index contributed by atoms with van der Waals surface area (Å²) in [6.07, 6.45) is 4.28. The van der Waals surface area contributed by atoms with Crippen molar-refractivity contribution in [2.45, 2.75) is 32.3 Å². The molecule has 2 atom stereocenters. The molecule has 0 saturated heterocycles. The number of aliphatic hydroxyl groups excluding tert-OH is 1. The summed E-state index contributed by atoms with van der Waals surface area (Å²) in [7, 11) is 3.42. The molecule has 0 aromatic heterocycles. The Morgan fingerprint density at radius 2 is 2.23 bits per heavy atom. The third-order valence-corrected chi connectivity index (χ3v) is 4.37. The van der Waals surface area contributed by atoms with Crippen molar-refractivity contribution in [1.82, 2.24) is 4.90 Å². The number of ether oxygens (including phenoxy) is 1. The quantitative estimate of drug-likeness (QED) is 0.851. The van der Waals surface area contributed by atoms with Gasteiger partial charge in [-0.1, -0.05) is 18.6 Å². The molecule has 0 spiro atoms. The number of benzene rings is 1. The Kier molecular flexibility index (Phi) is 5.61. The van der Waals surface area contributed by atoms with E-state index in [1.54, 1.807) is 25.1 Å². The fraction of sp³-hybridized carbons (Fsp3) is 0.500. The number of hydrogen-bond donors (Lipinski definition) is 1. The molecule has 1 amide bonds. The van der Waals surface area contributed by atoms with Gasteiger partial charge in [0.25, 0.3) is 0 Å². The second-order valence-corrected chi connectivity index (χ2v) is 6.04. The van der Waals surface area contributed by atoms with Crippen molar-refractivity contribution >= 4 is 11.5 Å². The number of methoxy groups -OCH3 is 1. The lowest BCUT2D eigenvalue weighted by Crippen LogP contribution is -2.33. The molecule has 1 aromatic rings. The Morgan fingerprint density at radius 3 is 2.86 bits per heavy atom. The van der Waals surface area contributed by atoms with E-state index in [2.05, 4.69) is 0 Å². The third kappa shape index (κ3) is 4.10. The van der Waals surface area contributed by atoms with Crippen molar-refractivity contribution in [2.75, 3.05) is 20.7 Å². The van der Waals surface area contributed by atoms with Crippen LogP contribution in [-0.4, -0.2) is 42.7 Å². The SMILES string of the molecule is COc1cccc(/C(C)=C/C(=O)N(C)CC2CCCC2O)c1. The fourth-order valence-electron chi connectivity index (χ4n) is 2.92. The van der Waals surface area contributed by atoms with Crippen molar-refractivity contribution in [3.8, 4) is 5.75 Å². The minimum atomic E-state index is -0.265. The number of aliphatic hydroxyl groups is 1. The summed E-state index contributed by atoms with van der Waals surface area (Å²) in [4.78, 5) is 14.0. The summed E-state index contributed by atoms with van der Waals surface area (Å²) in [6, 6.07) is 7.67. The van der Waals surface area contributed by atoms with Crippen LogP contribution in [0.15, 0.2) is 30.3 Å². The Balaban J connectivity index is 2.01. The molecule has 4 nitrogen and oxygen atoms in total. The van der Waals surface area contributed by atoms with Crippen LogP contribution in [0, 0.1) is 5.92 Å². The lowest BCUT2D eigenvalue weighted by molar-refractivity contribution is -0.125. The van der Waals surface area contributed by atoms with E-state index in [4.69, 9.17) is 4.74 Å². The molecule has 1 aliphatic carbocycles. The Bertz CT molecular complexity index is 553. The van der Waals surface area contributed by atoms with Gasteiger partial charge < -0.3 is 14.7 Å². The van der Waals surface area contributed by atoms with Crippen LogP contribution in [0.5, 0.6) is 5.75 Å². The van der Waals surface area contributed by atoms with Gasteiger partial charge in [-0.15, -0.1) is 0 Å². The molecule has 1 N–H and O–H groups in total. The summed E-state index contributed by atoms with van der Waals surface area (Å²) < 4.78 is 5.21. The second-order valence-electron chi connectivity index (χ2n) is 6.04. The van der Waals surface area contributed by atoms with E-state index >= 15 is 0 Å². The molecule has 0 radical (unpaired) electrons. The molecule has 0 bridgehead atoms. The van der Waals surface area contributed by atoms with E-state index < -0.39 is 0 Å². The van der Waals surface area contributed by atoms with Crippen LogP contribution in [0.2, 0.25) is 0 Å². The highest BCUT2D eigenvalue weighted by atomic mass is 16.5. The van der Waals surface area contributed by atoms with Crippen LogP contribution >= 0.6 is 0 Å². The number of carbonyl (C=O) groups is 1. The predicted molar refractivity (Wildman–Crippen MR) is 87.6 cm³/mol. The number of nitrogens with zero attached hydrogens (tertiary/aromatic N) is 1. The molecular weight excluding hydrogens is 278 g/mol. The molecule has 2 unspecified atom stereocenters. The highest BCUT2D eigenvalue weighted by Gasteiger charge is 2.27. The smallest absolute Gasteiger partial charge is 0.246 e. The lowest BCUT2D eigenvalue weighted by atomic mass is 10.0. The maximum atomic E-state index is 12.3. The van der Waals surface area contributed by atoms with Crippen molar-refractivity contribution < 1.29 is 14.6 Å². The number of amides is 1. The number of likely N-dealkylation sites (N-methyl/N-ethyl adjacent to an activating group) is 1. The van der Waals surface area contributed by atoms with Crippen molar-refractivity contribution in [3.05, 3.63) is 35.9 Å². The van der Waals surface area contributed by atoms with Gasteiger partial charge in [-0.05, 0) is 43.0 Å². The number of rotatable bonds is 5. The molecule has 0 aliphatic heterocycles. The monoisotopic (exact) mass is 303 g/mol. The molecular formula is C18H25NO3. The number of allylic oxidation sites excluding steroid dienone is 1. The molecule has 0 heterocycles. The van der Waals surface area contributed by atoms with Crippen LogP contribution < -0.4 is 4.74 Å². The standard InChI is InChI=1S/C18H25NO3/c1-13(14-6-4-8-16(11-14)22-3)10-18(21)19(2)12-15-7-5-9-17(15)20/h4,6,8,10-11,15,17,20H,5,7,9,12H2,1-3H3/b13-10+. The minimum absolute atomic E-state index is 0.0283. The zero-order valence-electron chi connectivity index (χ0n) is 13.6. The van der Waals surface area contributed by atoms with Crippen molar-refractivity contribution in [2.24, 2.45) is 5.92 Å². The van der Waals surface area contributed by atoms with Crippen LogP contribution in [0.25, 0.3) is 5.57 Å². The second kappa shape index (κ2) is 7.45. The van der Waals surface area contributed by atoms with E-state index in [9.17, 15) is 9.90 Å². The Morgan fingerprint density at radius 1 is 1.45 bits per heavy atom. The number of carbonyl (C=O) groups excluding carboxylic acids is 1. The minimum Gasteiger partial charge on any atom is -0.497 e. The topological polar surface area (TPSA) is 49.8 Å². The normalized spacial score (nSPS) is 21.7. The van der Waals surface area contributed by atoms with Crippen LogP contribution in [-0.2, 0) is 4.79 Å². The molecule has 1 aromatic carbocycles. The summed E-state index contributed by atoms with van der Waals surface area (Å²) in [5, 5.41) is 9.87. The van der Waals surface area contributed by atoms with Gasteiger partial charge in [-0.3, -0.25) is 4.79 Å². The molecule has 4 heteroatoms. The average Bonchev–Trinajstić information content (AvgIpc) is 2.92. The van der Waals surface area contributed by atoms with Gasteiger partial charge in [0, 0.05) is 25.6 Å². The zero-order chi connectivity index (χ0) is 16.1. The molecule has 120 valence electrons. The Hall–Kier alpha value is -1.81. The summed E-state index contributed by atoms with van der Waals surface area (Å²) >= 11 is 0. The molecule has 2 rings (SSSR count). The first kappa shape index (κ1) is 16.6. The van der Waals surface area contributed by atoms with E-state index in [-0.39, 0.29) is 17.9 Å². The summed E-state index contributed by atoms with van der Waals surface area (Å²) in [5.74, 6) is 0.957.